The Labute approximate surface area is 106 Å². The fourth-order valence-electron chi connectivity index (χ4n) is 1.21. The number of nitro groups is 1. The number of furan rings is 1. The lowest BCUT2D eigenvalue weighted by atomic mass is 10.4. The van der Waals surface area contributed by atoms with E-state index in [0.29, 0.717) is 5.69 Å². The zero-order valence-corrected chi connectivity index (χ0v) is 9.52. The molecule has 2 rings (SSSR count). The first-order valence-electron chi connectivity index (χ1n) is 5.15. The first-order chi connectivity index (χ1) is 9.16. The number of nitrogens with zero attached hydrogens (tertiary/aromatic N) is 3. The van der Waals surface area contributed by atoms with E-state index in [1.807, 2.05) is 0 Å². The van der Waals surface area contributed by atoms with Gasteiger partial charge in [0.2, 0.25) is 5.76 Å². The quantitative estimate of drug-likeness (QED) is 0.506. The first-order valence-corrected chi connectivity index (χ1v) is 5.15. The number of nitrogens with one attached hydrogen (secondary N) is 1. The molecule has 0 aliphatic rings. The van der Waals surface area contributed by atoms with Gasteiger partial charge in [0.25, 0.3) is 0 Å². The molecule has 2 aromatic heterocycles. The largest absolute Gasteiger partial charge is 0.433 e. The maximum Gasteiger partial charge on any atom is 0.433 e. The van der Waals surface area contributed by atoms with Crippen molar-refractivity contribution in [2.24, 2.45) is 5.10 Å². The molecule has 0 saturated heterocycles. The average molecular weight is 260 g/mol. The second kappa shape index (κ2) is 5.54. The van der Waals surface area contributed by atoms with Crippen LogP contribution in [0.4, 0.5) is 5.88 Å². The summed E-state index contributed by atoms with van der Waals surface area (Å²) < 4.78 is 4.71. The number of hydrogen-bond donors (Lipinski definition) is 1. The van der Waals surface area contributed by atoms with E-state index in [0.717, 1.165) is 6.07 Å². The van der Waals surface area contributed by atoms with Crippen LogP contribution in [0, 0.1) is 10.1 Å². The SMILES string of the molecule is O=C(NN=Cc1ccccn1)c1ccc([N+](=O)[O-])o1. The maximum absolute atomic E-state index is 11.5. The van der Waals surface area contributed by atoms with E-state index in [1.165, 1.54) is 12.3 Å². The fraction of sp³-hybridized carbons (Fsp3) is 0. The first kappa shape index (κ1) is 12.4. The topological polar surface area (TPSA) is 111 Å². The van der Waals surface area contributed by atoms with E-state index in [2.05, 4.69) is 15.5 Å². The fourth-order valence-corrected chi connectivity index (χ4v) is 1.21. The third kappa shape index (κ3) is 3.22. The van der Waals surface area contributed by atoms with Gasteiger partial charge in [0.05, 0.1) is 18.0 Å². The smallest absolute Gasteiger partial charge is 0.395 e. The summed E-state index contributed by atoms with van der Waals surface area (Å²) in [6.45, 7) is 0. The Morgan fingerprint density at radius 1 is 1.42 bits per heavy atom. The van der Waals surface area contributed by atoms with Crippen LogP contribution in [0.5, 0.6) is 0 Å². The number of aromatic nitrogens is 1. The molecule has 0 aliphatic carbocycles. The number of amides is 1. The van der Waals surface area contributed by atoms with Crippen molar-refractivity contribution in [3.63, 3.8) is 0 Å². The van der Waals surface area contributed by atoms with Crippen LogP contribution in [0.1, 0.15) is 16.2 Å². The Balaban J connectivity index is 1.97. The van der Waals surface area contributed by atoms with Crippen molar-refractivity contribution in [3.8, 4) is 0 Å². The molecule has 0 fully saturated rings. The lowest BCUT2D eigenvalue weighted by Gasteiger charge is -1.94. The number of hydrogen-bond acceptors (Lipinski definition) is 6. The van der Waals surface area contributed by atoms with Crippen LogP contribution in [0.15, 0.2) is 46.0 Å². The van der Waals surface area contributed by atoms with E-state index < -0.39 is 16.7 Å². The van der Waals surface area contributed by atoms with Gasteiger partial charge in [-0.15, -0.1) is 0 Å². The van der Waals surface area contributed by atoms with Gasteiger partial charge in [-0.3, -0.25) is 19.9 Å². The molecule has 0 aliphatic heterocycles. The Hall–Kier alpha value is -3.03. The van der Waals surface area contributed by atoms with Gasteiger partial charge in [-0.25, -0.2) is 5.43 Å². The van der Waals surface area contributed by atoms with E-state index in [9.17, 15) is 14.9 Å². The minimum absolute atomic E-state index is 0.190. The van der Waals surface area contributed by atoms with Crippen LogP contribution in [-0.2, 0) is 0 Å². The van der Waals surface area contributed by atoms with Crippen molar-refractivity contribution in [3.05, 3.63) is 58.1 Å². The zero-order chi connectivity index (χ0) is 13.7. The third-order valence-electron chi connectivity index (χ3n) is 2.05. The molecule has 19 heavy (non-hydrogen) atoms. The van der Waals surface area contributed by atoms with E-state index >= 15 is 0 Å². The molecule has 8 heteroatoms. The van der Waals surface area contributed by atoms with Crippen molar-refractivity contribution in [2.45, 2.75) is 0 Å². The van der Waals surface area contributed by atoms with Crippen molar-refractivity contribution in [1.82, 2.24) is 10.4 Å². The highest BCUT2D eigenvalue weighted by molar-refractivity contribution is 5.92. The molecular weight excluding hydrogens is 252 g/mol. The number of rotatable bonds is 4. The Kier molecular flexibility index (Phi) is 3.62. The lowest BCUT2D eigenvalue weighted by molar-refractivity contribution is -0.402. The minimum atomic E-state index is -0.728. The van der Waals surface area contributed by atoms with Gasteiger partial charge in [-0.1, -0.05) is 6.07 Å². The van der Waals surface area contributed by atoms with Crippen molar-refractivity contribution in [1.29, 1.82) is 0 Å². The predicted molar refractivity (Wildman–Crippen MR) is 64.7 cm³/mol. The second-order valence-electron chi connectivity index (χ2n) is 3.35. The van der Waals surface area contributed by atoms with Crippen molar-refractivity contribution >= 4 is 18.0 Å². The number of carbonyl (C=O) groups excluding carboxylic acids is 1. The molecule has 0 saturated carbocycles. The standard InChI is InChI=1S/C11H8N4O4/c16-11(9-4-5-10(19-9)15(17)18)14-13-7-8-3-1-2-6-12-8/h1-7H,(H,14,16). The van der Waals surface area contributed by atoms with Crippen LogP contribution in [0.25, 0.3) is 0 Å². The molecule has 2 heterocycles. The summed E-state index contributed by atoms with van der Waals surface area (Å²) in [5.41, 5.74) is 2.74. The zero-order valence-electron chi connectivity index (χ0n) is 9.52. The van der Waals surface area contributed by atoms with Gasteiger partial charge in [-0.2, -0.15) is 5.10 Å². The van der Waals surface area contributed by atoms with Crippen molar-refractivity contribution < 1.29 is 14.1 Å². The normalized spacial score (nSPS) is 10.5. The highest BCUT2D eigenvalue weighted by Gasteiger charge is 2.16. The van der Waals surface area contributed by atoms with Crippen molar-refractivity contribution in [2.75, 3.05) is 0 Å². The monoisotopic (exact) mass is 260 g/mol. The molecule has 2 aromatic rings. The number of pyridine rings is 1. The average Bonchev–Trinajstić information content (AvgIpc) is 2.89. The summed E-state index contributed by atoms with van der Waals surface area (Å²) in [6, 6.07) is 7.51. The highest BCUT2D eigenvalue weighted by atomic mass is 16.6. The summed E-state index contributed by atoms with van der Waals surface area (Å²) >= 11 is 0. The molecule has 1 amide bonds. The highest BCUT2D eigenvalue weighted by Crippen LogP contribution is 2.15. The van der Waals surface area contributed by atoms with Crippen LogP contribution in [-0.4, -0.2) is 22.0 Å². The minimum Gasteiger partial charge on any atom is -0.395 e. The molecule has 0 atom stereocenters. The van der Waals surface area contributed by atoms with E-state index in [1.54, 1.807) is 24.4 Å². The van der Waals surface area contributed by atoms with Gasteiger partial charge in [-0.05, 0) is 18.2 Å². The molecule has 0 bridgehead atoms. The Morgan fingerprint density at radius 3 is 2.89 bits per heavy atom. The summed E-state index contributed by atoms with van der Waals surface area (Å²) in [6.07, 6.45) is 2.92. The molecule has 8 nitrogen and oxygen atoms in total. The van der Waals surface area contributed by atoms with Crippen LogP contribution >= 0.6 is 0 Å². The number of carbonyl (C=O) groups is 1. The van der Waals surface area contributed by atoms with Crippen LogP contribution < -0.4 is 5.43 Å². The summed E-state index contributed by atoms with van der Waals surface area (Å²) in [5, 5.41) is 14.0. The summed E-state index contributed by atoms with van der Waals surface area (Å²) in [7, 11) is 0. The van der Waals surface area contributed by atoms with Gasteiger partial charge >= 0.3 is 11.8 Å². The number of hydrazone groups is 1. The molecular formula is C11H8N4O4. The van der Waals surface area contributed by atoms with Crippen LogP contribution in [0.3, 0.4) is 0 Å². The lowest BCUT2D eigenvalue weighted by Crippen LogP contribution is -2.16. The predicted octanol–water partition coefficient (Wildman–Crippen LogP) is 1.35. The maximum atomic E-state index is 11.5. The van der Waals surface area contributed by atoms with Gasteiger partial charge < -0.3 is 4.42 Å². The van der Waals surface area contributed by atoms with Gasteiger partial charge in [0.1, 0.15) is 4.92 Å². The van der Waals surface area contributed by atoms with E-state index in [4.69, 9.17) is 4.42 Å². The van der Waals surface area contributed by atoms with Gasteiger partial charge in [0.15, 0.2) is 0 Å². The summed E-state index contributed by atoms with van der Waals surface area (Å²) in [4.78, 5) is 25.1. The molecule has 0 radical (unpaired) electrons. The molecule has 96 valence electrons. The molecule has 1 N–H and O–H groups in total. The second-order valence-corrected chi connectivity index (χ2v) is 3.35. The third-order valence-corrected chi connectivity index (χ3v) is 2.05. The summed E-state index contributed by atoms with van der Waals surface area (Å²) in [5.74, 6) is -1.37. The Bertz CT molecular complexity index is 621. The Morgan fingerprint density at radius 2 is 2.26 bits per heavy atom. The van der Waals surface area contributed by atoms with Crippen LogP contribution in [0.2, 0.25) is 0 Å². The molecule has 0 unspecified atom stereocenters. The van der Waals surface area contributed by atoms with E-state index in [-0.39, 0.29) is 5.76 Å². The van der Waals surface area contributed by atoms with Gasteiger partial charge in [0, 0.05) is 6.20 Å². The molecule has 0 spiro atoms. The molecule has 0 aromatic carbocycles.